The van der Waals surface area contributed by atoms with Gasteiger partial charge >= 0.3 is 0 Å². The third-order valence-electron chi connectivity index (χ3n) is 3.73. The second-order valence-corrected chi connectivity index (χ2v) is 5.62. The maximum Gasteiger partial charge on any atom is 0.0900 e. The van der Waals surface area contributed by atoms with Crippen molar-refractivity contribution < 1.29 is 4.74 Å². The van der Waals surface area contributed by atoms with E-state index in [1.54, 1.807) is 4.68 Å². The van der Waals surface area contributed by atoms with Gasteiger partial charge in [-0.3, -0.25) is 4.68 Å². The van der Waals surface area contributed by atoms with Crippen LogP contribution in [0.15, 0.2) is 0 Å². The van der Waals surface area contributed by atoms with Gasteiger partial charge in [-0.1, -0.05) is 31.4 Å². The lowest BCUT2D eigenvalue weighted by atomic mass is 10.0. The molecule has 2 rings (SSSR count). The summed E-state index contributed by atoms with van der Waals surface area (Å²) in [6.07, 6.45) is 5.39. The fourth-order valence-corrected chi connectivity index (χ4v) is 2.90. The first-order valence-electron chi connectivity index (χ1n) is 6.62. The van der Waals surface area contributed by atoms with Crippen LogP contribution in [0.1, 0.15) is 44.0 Å². The van der Waals surface area contributed by atoms with Gasteiger partial charge in [0.2, 0.25) is 0 Å². The summed E-state index contributed by atoms with van der Waals surface area (Å²) in [6.45, 7) is 3.14. The lowest BCUT2D eigenvalue weighted by molar-refractivity contribution is 0.0714. The summed E-state index contributed by atoms with van der Waals surface area (Å²) in [5, 5.41) is 5.10. The molecular weight excluding hydrogens is 250 g/mol. The number of hydrogen-bond acceptors (Lipinski definition) is 3. The lowest BCUT2D eigenvalue weighted by Crippen LogP contribution is -2.41. The number of halogens is 1. The molecule has 1 saturated carbocycles. The minimum Gasteiger partial charge on any atom is -0.373 e. The molecule has 1 aromatic rings. The first-order valence-corrected chi connectivity index (χ1v) is 7.00. The highest BCUT2D eigenvalue weighted by molar-refractivity contribution is 6.31. The fraction of sp³-hybridized carbons (Fsp3) is 0.769. The highest BCUT2D eigenvalue weighted by atomic mass is 35.5. The van der Waals surface area contributed by atoms with Crippen molar-refractivity contribution in [2.45, 2.75) is 51.2 Å². The zero-order chi connectivity index (χ0) is 13.2. The van der Waals surface area contributed by atoms with Crippen molar-refractivity contribution in [3.63, 3.8) is 0 Å². The standard InChI is InChI=1S/C13H22ClN3O/c1-3-10-12(14)11(17(2)16-10)8-18-9-13(15)6-4-5-7-13/h3-9,15H2,1-2H3. The molecule has 0 saturated heterocycles. The number of nitrogens with zero attached hydrogens (tertiary/aromatic N) is 2. The van der Waals surface area contributed by atoms with Gasteiger partial charge in [0.1, 0.15) is 0 Å². The van der Waals surface area contributed by atoms with Gasteiger partial charge in [-0.2, -0.15) is 5.10 Å². The SMILES string of the molecule is CCc1nn(C)c(COCC2(N)CCCC2)c1Cl. The van der Waals surface area contributed by atoms with Gasteiger partial charge < -0.3 is 10.5 Å². The van der Waals surface area contributed by atoms with Crippen LogP contribution in [0.3, 0.4) is 0 Å². The molecule has 0 aromatic carbocycles. The molecule has 0 spiro atoms. The zero-order valence-corrected chi connectivity index (χ0v) is 12.0. The van der Waals surface area contributed by atoms with Crippen LogP contribution in [-0.4, -0.2) is 21.9 Å². The van der Waals surface area contributed by atoms with Gasteiger partial charge in [-0.05, 0) is 19.3 Å². The van der Waals surface area contributed by atoms with Crippen molar-refractivity contribution in [1.82, 2.24) is 9.78 Å². The van der Waals surface area contributed by atoms with Crippen LogP contribution in [-0.2, 0) is 24.8 Å². The van der Waals surface area contributed by atoms with Crippen LogP contribution >= 0.6 is 11.6 Å². The normalized spacial score (nSPS) is 18.4. The maximum absolute atomic E-state index is 6.27. The summed E-state index contributed by atoms with van der Waals surface area (Å²) in [7, 11) is 1.90. The van der Waals surface area contributed by atoms with Gasteiger partial charge in [-0.25, -0.2) is 0 Å². The van der Waals surface area contributed by atoms with E-state index in [1.165, 1.54) is 12.8 Å². The van der Waals surface area contributed by atoms with Crippen molar-refractivity contribution in [3.8, 4) is 0 Å². The molecule has 1 aromatic heterocycles. The molecule has 102 valence electrons. The van der Waals surface area contributed by atoms with Gasteiger partial charge in [0.15, 0.2) is 0 Å². The number of nitrogens with two attached hydrogens (primary N) is 1. The highest BCUT2D eigenvalue weighted by Crippen LogP contribution is 2.28. The van der Waals surface area contributed by atoms with E-state index in [0.717, 1.165) is 35.7 Å². The first kappa shape index (κ1) is 13.8. The van der Waals surface area contributed by atoms with Gasteiger partial charge in [0.05, 0.1) is 29.6 Å². The predicted molar refractivity (Wildman–Crippen MR) is 72.6 cm³/mol. The van der Waals surface area contributed by atoms with E-state index >= 15 is 0 Å². The van der Waals surface area contributed by atoms with E-state index in [4.69, 9.17) is 22.1 Å². The smallest absolute Gasteiger partial charge is 0.0900 e. The van der Waals surface area contributed by atoms with Crippen LogP contribution in [0.2, 0.25) is 5.02 Å². The molecule has 4 nitrogen and oxygen atoms in total. The van der Waals surface area contributed by atoms with Crippen LogP contribution in [0.4, 0.5) is 0 Å². The minimum atomic E-state index is -0.126. The number of hydrogen-bond donors (Lipinski definition) is 1. The van der Waals surface area contributed by atoms with Crippen molar-refractivity contribution >= 4 is 11.6 Å². The highest BCUT2D eigenvalue weighted by Gasteiger charge is 2.29. The van der Waals surface area contributed by atoms with E-state index in [0.29, 0.717) is 13.2 Å². The summed E-state index contributed by atoms with van der Waals surface area (Å²) in [4.78, 5) is 0. The molecule has 2 N–H and O–H groups in total. The van der Waals surface area contributed by atoms with Gasteiger partial charge in [-0.15, -0.1) is 0 Å². The molecule has 0 bridgehead atoms. The maximum atomic E-state index is 6.27. The summed E-state index contributed by atoms with van der Waals surface area (Å²) in [6, 6.07) is 0. The van der Waals surface area contributed by atoms with Crippen molar-refractivity contribution in [2.75, 3.05) is 6.61 Å². The summed E-state index contributed by atoms with van der Waals surface area (Å²) >= 11 is 6.27. The van der Waals surface area contributed by atoms with Crippen molar-refractivity contribution in [2.24, 2.45) is 12.8 Å². The van der Waals surface area contributed by atoms with E-state index in [9.17, 15) is 0 Å². The number of ether oxygens (including phenoxy) is 1. The summed E-state index contributed by atoms with van der Waals surface area (Å²) < 4.78 is 7.56. The molecule has 5 heteroatoms. The average molecular weight is 272 g/mol. The molecule has 0 atom stereocenters. The number of aryl methyl sites for hydroxylation is 2. The Morgan fingerprint density at radius 1 is 1.44 bits per heavy atom. The molecular formula is C13H22ClN3O. The van der Waals surface area contributed by atoms with E-state index in [2.05, 4.69) is 5.10 Å². The molecule has 1 fully saturated rings. The van der Waals surface area contributed by atoms with Gasteiger partial charge in [0.25, 0.3) is 0 Å². The average Bonchev–Trinajstić information content (AvgIpc) is 2.87. The monoisotopic (exact) mass is 271 g/mol. The third kappa shape index (κ3) is 2.87. The number of rotatable bonds is 5. The van der Waals surface area contributed by atoms with Crippen LogP contribution in [0.25, 0.3) is 0 Å². The molecule has 0 aliphatic heterocycles. The quantitative estimate of drug-likeness (QED) is 0.895. The Bertz CT molecular complexity index is 411. The topological polar surface area (TPSA) is 53.1 Å². The first-order chi connectivity index (χ1) is 8.56. The van der Waals surface area contributed by atoms with Crippen LogP contribution in [0, 0.1) is 0 Å². The zero-order valence-electron chi connectivity index (χ0n) is 11.2. The fourth-order valence-electron chi connectivity index (χ4n) is 2.55. The third-order valence-corrected chi connectivity index (χ3v) is 4.17. The van der Waals surface area contributed by atoms with Crippen LogP contribution < -0.4 is 5.73 Å². The lowest BCUT2D eigenvalue weighted by Gasteiger charge is -2.23. The number of aromatic nitrogens is 2. The van der Waals surface area contributed by atoms with E-state index in [-0.39, 0.29) is 5.54 Å². The largest absolute Gasteiger partial charge is 0.373 e. The molecule has 0 unspecified atom stereocenters. The van der Waals surface area contributed by atoms with Crippen molar-refractivity contribution in [3.05, 3.63) is 16.4 Å². The molecule has 0 radical (unpaired) electrons. The summed E-state index contributed by atoms with van der Waals surface area (Å²) in [5.41, 5.74) is 8.00. The Morgan fingerprint density at radius 3 is 2.67 bits per heavy atom. The van der Waals surface area contributed by atoms with Crippen LogP contribution in [0.5, 0.6) is 0 Å². The van der Waals surface area contributed by atoms with E-state index in [1.807, 2.05) is 14.0 Å². The second-order valence-electron chi connectivity index (χ2n) is 5.25. The Labute approximate surface area is 113 Å². The molecule has 1 aliphatic rings. The Kier molecular flexibility index (Phi) is 4.30. The second kappa shape index (κ2) is 5.59. The Hall–Kier alpha value is -0.580. The Morgan fingerprint density at radius 2 is 2.11 bits per heavy atom. The predicted octanol–water partition coefficient (Wildman–Crippen LogP) is 2.42. The molecule has 0 amide bonds. The van der Waals surface area contributed by atoms with Gasteiger partial charge in [0, 0.05) is 12.6 Å². The van der Waals surface area contributed by atoms with Crippen molar-refractivity contribution in [1.29, 1.82) is 0 Å². The van der Waals surface area contributed by atoms with E-state index < -0.39 is 0 Å². The Balaban J connectivity index is 1.92. The minimum absolute atomic E-state index is 0.126. The summed E-state index contributed by atoms with van der Waals surface area (Å²) in [5.74, 6) is 0. The molecule has 1 heterocycles. The molecule has 1 aliphatic carbocycles. The molecule has 18 heavy (non-hydrogen) atoms.